The lowest BCUT2D eigenvalue weighted by Crippen LogP contribution is -2.45. The number of aromatic nitrogens is 4. The highest BCUT2D eigenvalue weighted by Crippen LogP contribution is 2.27. The van der Waals surface area contributed by atoms with Crippen molar-refractivity contribution < 1.29 is 4.79 Å². The van der Waals surface area contributed by atoms with E-state index >= 15 is 0 Å². The summed E-state index contributed by atoms with van der Waals surface area (Å²) < 4.78 is 1.90. The number of carbonyl (C=O) groups is 1. The van der Waals surface area contributed by atoms with Gasteiger partial charge in [-0.25, -0.2) is 0 Å². The van der Waals surface area contributed by atoms with Crippen LogP contribution in [0.3, 0.4) is 0 Å². The van der Waals surface area contributed by atoms with Gasteiger partial charge in [-0.05, 0) is 46.8 Å². The zero-order chi connectivity index (χ0) is 17.9. The fourth-order valence-electron chi connectivity index (χ4n) is 2.69. The van der Waals surface area contributed by atoms with E-state index in [1.165, 1.54) is 11.8 Å². The van der Waals surface area contributed by atoms with Crippen molar-refractivity contribution >= 4 is 17.7 Å². The average molecular weight is 347 g/mol. The van der Waals surface area contributed by atoms with Crippen LogP contribution in [0.25, 0.3) is 11.4 Å². The highest BCUT2D eigenvalue weighted by Gasteiger charge is 2.27. The van der Waals surface area contributed by atoms with Crippen LogP contribution in [-0.2, 0) is 11.8 Å². The van der Waals surface area contributed by atoms with E-state index in [0.717, 1.165) is 16.5 Å². The molecule has 2 aromatic heterocycles. The van der Waals surface area contributed by atoms with Crippen LogP contribution >= 0.6 is 11.8 Å². The van der Waals surface area contributed by atoms with E-state index in [4.69, 9.17) is 0 Å². The largest absolute Gasteiger partial charge is 0.337 e. The van der Waals surface area contributed by atoms with Crippen molar-refractivity contribution in [1.29, 1.82) is 0 Å². The Kier molecular flexibility index (Phi) is 5.99. The van der Waals surface area contributed by atoms with Gasteiger partial charge in [0.2, 0.25) is 5.91 Å². The SMILES string of the molecule is CC(C)N(C(=O)[C@@H](C)Sc1nnc(-c2cccnc2)n1C)C(C)C. The highest BCUT2D eigenvalue weighted by atomic mass is 32.2. The summed E-state index contributed by atoms with van der Waals surface area (Å²) in [6.07, 6.45) is 3.48. The molecule has 0 aliphatic heterocycles. The number of carbonyl (C=O) groups excluding carboxylic acids is 1. The van der Waals surface area contributed by atoms with Crippen LogP contribution in [0.4, 0.5) is 0 Å². The molecule has 0 fully saturated rings. The van der Waals surface area contributed by atoms with Gasteiger partial charge >= 0.3 is 0 Å². The van der Waals surface area contributed by atoms with Crippen LogP contribution in [0.1, 0.15) is 34.6 Å². The number of nitrogens with zero attached hydrogens (tertiary/aromatic N) is 5. The average Bonchev–Trinajstić information content (AvgIpc) is 2.88. The Labute approximate surface area is 147 Å². The molecule has 0 saturated carbocycles. The number of rotatable bonds is 6. The molecule has 0 bridgehead atoms. The molecule has 0 unspecified atom stereocenters. The van der Waals surface area contributed by atoms with Crippen LogP contribution in [0.5, 0.6) is 0 Å². The summed E-state index contributed by atoms with van der Waals surface area (Å²) >= 11 is 1.43. The van der Waals surface area contributed by atoms with Crippen LogP contribution in [0, 0.1) is 0 Å². The number of hydrogen-bond donors (Lipinski definition) is 0. The van der Waals surface area contributed by atoms with Crippen LogP contribution in [-0.4, -0.2) is 47.9 Å². The van der Waals surface area contributed by atoms with Gasteiger partial charge < -0.3 is 9.47 Å². The number of hydrogen-bond acceptors (Lipinski definition) is 5. The number of amides is 1. The van der Waals surface area contributed by atoms with Gasteiger partial charge in [0.1, 0.15) is 0 Å². The predicted octanol–water partition coefficient (Wildman–Crippen LogP) is 3.00. The predicted molar refractivity (Wildman–Crippen MR) is 96.7 cm³/mol. The lowest BCUT2D eigenvalue weighted by Gasteiger charge is -2.32. The van der Waals surface area contributed by atoms with Crippen molar-refractivity contribution in [2.24, 2.45) is 7.05 Å². The molecule has 6 nitrogen and oxygen atoms in total. The van der Waals surface area contributed by atoms with E-state index in [9.17, 15) is 4.79 Å². The molecule has 2 rings (SSSR count). The standard InChI is InChI=1S/C17H25N5OS/c1-11(2)22(12(3)4)16(23)13(5)24-17-20-19-15(21(17)6)14-8-7-9-18-10-14/h7-13H,1-6H3/t13-/m1/s1. The molecule has 24 heavy (non-hydrogen) atoms. The minimum atomic E-state index is -0.223. The molecule has 0 aromatic carbocycles. The fraction of sp³-hybridized carbons (Fsp3) is 0.529. The molecule has 0 aliphatic carbocycles. The van der Waals surface area contributed by atoms with Crippen molar-refractivity contribution in [1.82, 2.24) is 24.6 Å². The van der Waals surface area contributed by atoms with E-state index in [-0.39, 0.29) is 23.2 Å². The fourth-order valence-corrected chi connectivity index (χ4v) is 3.56. The summed E-state index contributed by atoms with van der Waals surface area (Å²) in [6, 6.07) is 4.16. The molecule has 7 heteroatoms. The Morgan fingerprint density at radius 2 is 1.83 bits per heavy atom. The van der Waals surface area contributed by atoms with E-state index < -0.39 is 0 Å². The monoisotopic (exact) mass is 347 g/mol. The van der Waals surface area contributed by atoms with Gasteiger partial charge in [0.15, 0.2) is 11.0 Å². The van der Waals surface area contributed by atoms with E-state index in [0.29, 0.717) is 0 Å². The summed E-state index contributed by atoms with van der Waals surface area (Å²) in [5.74, 6) is 0.866. The normalized spacial score (nSPS) is 12.7. The lowest BCUT2D eigenvalue weighted by atomic mass is 10.2. The Hall–Kier alpha value is -1.89. The molecule has 2 aromatic rings. The van der Waals surface area contributed by atoms with Crippen molar-refractivity contribution in [3.8, 4) is 11.4 Å². The second-order valence-electron chi connectivity index (χ2n) is 6.30. The molecule has 0 saturated heterocycles. The molecule has 1 atom stereocenters. The minimum absolute atomic E-state index is 0.121. The minimum Gasteiger partial charge on any atom is -0.337 e. The van der Waals surface area contributed by atoms with Crippen LogP contribution < -0.4 is 0 Å². The Morgan fingerprint density at radius 3 is 2.38 bits per heavy atom. The highest BCUT2D eigenvalue weighted by molar-refractivity contribution is 8.00. The van der Waals surface area contributed by atoms with Crippen molar-refractivity contribution in [2.75, 3.05) is 0 Å². The summed E-state index contributed by atoms with van der Waals surface area (Å²) in [5.41, 5.74) is 0.907. The summed E-state index contributed by atoms with van der Waals surface area (Å²) in [6.45, 7) is 10.1. The molecule has 0 N–H and O–H groups in total. The first kappa shape index (κ1) is 18.4. The van der Waals surface area contributed by atoms with Gasteiger partial charge in [-0.1, -0.05) is 11.8 Å². The third-order valence-corrected chi connectivity index (χ3v) is 4.87. The van der Waals surface area contributed by atoms with E-state index in [2.05, 4.69) is 15.2 Å². The maximum Gasteiger partial charge on any atom is 0.236 e. The van der Waals surface area contributed by atoms with Gasteiger partial charge in [-0.15, -0.1) is 10.2 Å². The second kappa shape index (κ2) is 7.79. The summed E-state index contributed by atoms with van der Waals surface area (Å²) in [5, 5.41) is 8.98. The summed E-state index contributed by atoms with van der Waals surface area (Å²) in [4.78, 5) is 18.8. The molecule has 0 aliphatic rings. The van der Waals surface area contributed by atoms with Crippen LogP contribution in [0.15, 0.2) is 29.7 Å². The van der Waals surface area contributed by atoms with Gasteiger partial charge in [0.05, 0.1) is 5.25 Å². The Morgan fingerprint density at radius 1 is 1.17 bits per heavy atom. The smallest absolute Gasteiger partial charge is 0.236 e. The van der Waals surface area contributed by atoms with E-state index in [1.54, 1.807) is 12.4 Å². The second-order valence-corrected chi connectivity index (χ2v) is 7.61. The maximum absolute atomic E-state index is 12.8. The third-order valence-electron chi connectivity index (χ3n) is 3.75. The van der Waals surface area contributed by atoms with Gasteiger partial charge in [0, 0.05) is 37.1 Å². The zero-order valence-corrected chi connectivity index (χ0v) is 15.9. The lowest BCUT2D eigenvalue weighted by molar-refractivity contribution is -0.133. The topological polar surface area (TPSA) is 63.9 Å². The van der Waals surface area contributed by atoms with Crippen molar-refractivity contribution in [3.05, 3.63) is 24.5 Å². The van der Waals surface area contributed by atoms with Crippen LogP contribution in [0.2, 0.25) is 0 Å². The van der Waals surface area contributed by atoms with Gasteiger partial charge in [-0.3, -0.25) is 9.78 Å². The first-order chi connectivity index (χ1) is 11.3. The number of pyridine rings is 1. The summed E-state index contributed by atoms with van der Waals surface area (Å²) in [7, 11) is 1.91. The zero-order valence-electron chi connectivity index (χ0n) is 15.1. The molecule has 0 radical (unpaired) electrons. The third kappa shape index (κ3) is 3.95. The molecule has 2 heterocycles. The molecular formula is C17H25N5OS. The first-order valence-electron chi connectivity index (χ1n) is 8.11. The van der Waals surface area contributed by atoms with E-state index in [1.807, 2.05) is 63.3 Å². The first-order valence-corrected chi connectivity index (χ1v) is 8.99. The maximum atomic E-state index is 12.8. The Balaban J connectivity index is 2.17. The van der Waals surface area contributed by atoms with Crippen molar-refractivity contribution in [2.45, 2.75) is 57.1 Å². The molecule has 1 amide bonds. The quantitative estimate of drug-likeness (QED) is 0.752. The molecule has 130 valence electrons. The number of thioether (sulfide) groups is 1. The van der Waals surface area contributed by atoms with Gasteiger partial charge in [-0.2, -0.15) is 0 Å². The van der Waals surface area contributed by atoms with Crippen molar-refractivity contribution in [3.63, 3.8) is 0 Å². The molecular weight excluding hydrogens is 322 g/mol. The van der Waals surface area contributed by atoms with Gasteiger partial charge in [0.25, 0.3) is 0 Å². The Bertz CT molecular complexity index is 676. The molecule has 0 spiro atoms.